The van der Waals surface area contributed by atoms with E-state index in [2.05, 4.69) is 33.1 Å². The number of amides is 2. The monoisotopic (exact) mass is 411 g/mol. The summed E-state index contributed by atoms with van der Waals surface area (Å²) in [6.45, 7) is 13.7. The van der Waals surface area contributed by atoms with Crippen LogP contribution in [0.4, 0.5) is 4.79 Å². The molecule has 1 aromatic rings. The summed E-state index contributed by atoms with van der Waals surface area (Å²) in [6.07, 6.45) is 5.27. The molecule has 30 heavy (non-hydrogen) atoms. The second-order valence-electron chi connectivity index (χ2n) is 8.67. The lowest BCUT2D eigenvalue weighted by Crippen LogP contribution is -2.46. The molecular weight excluding hydrogens is 378 g/mol. The normalized spacial score (nSPS) is 18.9. The molecule has 1 saturated heterocycles. The average Bonchev–Trinajstić information content (AvgIpc) is 3.07. The summed E-state index contributed by atoms with van der Waals surface area (Å²) in [5.41, 5.74) is 1.78. The fourth-order valence-electron chi connectivity index (χ4n) is 3.53. The molecule has 0 unspecified atom stereocenters. The van der Waals surface area contributed by atoms with Crippen molar-refractivity contribution >= 4 is 12.0 Å². The second-order valence-corrected chi connectivity index (χ2v) is 8.67. The molecule has 1 aromatic carbocycles. The van der Waals surface area contributed by atoms with Crippen LogP contribution in [0.1, 0.15) is 39.2 Å². The van der Waals surface area contributed by atoms with Crippen molar-refractivity contribution in [2.75, 3.05) is 6.61 Å². The largest absolute Gasteiger partial charge is 0.447 e. The third-order valence-corrected chi connectivity index (χ3v) is 5.40. The summed E-state index contributed by atoms with van der Waals surface area (Å²) >= 11 is 0. The zero-order valence-corrected chi connectivity index (χ0v) is 18.2. The van der Waals surface area contributed by atoms with Gasteiger partial charge in [-0.1, -0.05) is 74.6 Å². The lowest BCUT2D eigenvalue weighted by Gasteiger charge is -2.29. The average molecular weight is 412 g/mol. The Morgan fingerprint density at radius 2 is 2.03 bits per heavy atom. The Balaban J connectivity index is 2.16. The van der Waals surface area contributed by atoms with Crippen LogP contribution in [0.3, 0.4) is 0 Å². The van der Waals surface area contributed by atoms with Crippen molar-refractivity contribution in [1.29, 1.82) is 0 Å². The first-order valence-corrected chi connectivity index (χ1v) is 10.3. The van der Waals surface area contributed by atoms with E-state index in [0.717, 1.165) is 11.1 Å². The number of carbonyl (C=O) groups is 2. The molecule has 0 saturated carbocycles. The first-order valence-electron chi connectivity index (χ1n) is 10.3. The number of nitrogens with zero attached hydrogens (tertiary/aromatic N) is 1. The SMILES string of the molecule is C=C[C@@H](O)[C@H](CCC(C)(C)/C=C/C(=C)C)C(=O)N1C(=O)OC[C@@H]1Cc1ccccc1. The van der Waals surface area contributed by atoms with Gasteiger partial charge < -0.3 is 9.84 Å². The maximum Gasteiger partial charge on any atom is 0.416 e. The van der Waals surface area contributed by atoms with Crippen LogP contribution in [-0.2, 0) is 16.0 Å². The Hall–Kier alpha value is -2.66. The van der Waals surface area contributed by atoms with E-state index in [9.17, 15) is 14.7 Å². The van der Waals surface area contributed by atoms with Crippen molar-refractivity contribution < 1.29 is 19.4 Å². The van der Waals surface area contributed by atoms with Gasteiger partial charge in [-0.15, -0.1) is 6.58 Å². The minimum absolute atomic E-state index is 0.156. The lowest BCUT2D eigenvalue weighted by molar-refractivity contribution is -0.136. The van der Waals surface area contributed by atoms with Gasteiger partial charge in [0.1, 0.15) is 6.61 Å². The highest BCUT2D eigenvalue weighted by atomic mass is 16.6. The minimum atomic E-state index is -1.04. The Kier molecular flexibility index (Phi) is 8.18. The standard InChI is InChI=1S/C25H33NO4/c1-6-22(27)21(13-15-25(4,5)14-12-18(2)3)23(28)26-20(17-30-24(26)29)16-19-10-8-7-9-11-19/h6-12,14,20-22,27H,1-2,13,15-17H2,3-5H3/b14-12+/t20-,21-,22+/m0/s1. The third-order valence-electron chi connectivity index (χ3n) is 5.40. The van der Waals surface area contributed by atoms with Crippen molar-refractivity contribution in [2.45, 2.75) is 52.2 Å². The molecule has 1 heterocycles. The van der Waals surface area contributed by atoms with Crippen LogP contribution in [0.5, 0.6) is 0 Å². The maximum absolute atomic E-state index is 13.3. The Morgan fingerprint density at radius 3 is 2.63 bits per heavy atom. The molecule has 1 aliphatic rings. The number of ether oxygens (including phenoxy) is 1. The summed E-state index contributed by atoms with van der Waals surface area (Å²) < 4.78 is 5.18. The Bertz CT molecular complexity index is 797. The first kappa shape index (κ1) is 23.6. The molecule has 0 aliphatic carbocycles. The number of aliphatic hydroxyl groups excluding tert-OH is 1. The van der Waals surface area contributed by atoms with Crippen molar-refractivity contribution in [3.63, 3.8) is 0 Å². The molecule has 0 radical (unpaired) electrons. The molecule has 1 aliphatic heterocycles. The molecule has 2 rings (SSSR count). The predicted octanol–water partition coefficient (Wildman–Crippen LogP) is 4.68. The summed E-state index contributed by atoms with van der Waals surface area (Å²) in [6, 6.07) is 9.29. The van der Waals surface area contributed by atoms with Gasteiger partial charge >= 0.3 is 6.09 Å². The van der Waals surface area contributed by atoms with Gasteiger partial charge in [-0.2, -0.15) is 0 Å². The summed E-state index contributed by atoms with van der Waals surface area (Å²) in [7, 11) is 0. The van der Waals surface area contributed by atoms with Gasteiger partial charge in [0.2, 0.25) is 5.91 Å². The van der Waals surface area contributed by atoms with Gasteiger partial charge in [-0.3, -0.25) is 4.79 Å². The molecule has 2 amide bonds. The van der Waals surface area contributed by atoms with E-state index in [1.54, 1.807) is 0 Å². The Labute approximate surface area is 179 Å². The first-order chi connectivity index (χ1) is 14.1. The van der Waals surface area contributed by atoms with E-state index in [1.165, 1.54) is 11.0 Å². The number of imide groups is 1. The van der Waals surface area contributed by atoms with Gasteiger partial charge in [0.25, 0.3) is 0 Å². The topological polar surface area (TPSA) is 66.8 Å². The van der Waals surface area contributed by atoms with E-state index in [0.29, 0.717) is 19.3 Å². The molecule has 0 aromatic heterocycles. The van der Waals surface area contributed by atoms with Crippen molar-refractivity contribution in [3.05, 3.63) is 72.9 Å². The van der Waals surface area contributed by atoms with Crippen LogP contribution in [0.2, 0.25) is 0 Å². The van der Waals surface area contributed by atoms with Gasteiger partial charge in [0.15, 0.2) is 0 Å². The number of allylic oxidation sites excluding steroid dienone is 3. The number of cyclic esters (lactones) is 1. The number of benzene rings is 1. The summed E-state index contributed by atoms with van der Waals surface area (Å²) in [5, 5.41) is 10.5. The molecule has 0 spiro atoms. The van der Waals surface area contributed by atoms with Crippen molar-refractivity contribution in [2.24, 2.45) is 11.3 Å². The zero-order valence-electron chi connectivity index (χ0n) is 18.2. The molecule has 0 bridgehead atoms. The minimum Gasteiger partial charge on any atom is -0.447 e. The third kappa shape index (κ3) is 6.42. The summed E-state index contributed by atoms with van der Waals surface area (Å²) in [4.78, 5) is 26.9. The van der Waals surface area contributed by atoms with E-state index in [4.69, 9.17) is 4.74 Å². The van der Waals surface area contributed by atoms with Gasteiger partial charge in [-0.05, 0) is 37.2 Å². The van der Waals surface area contributed by atoms with Crippen LogP contribution in [0.15, 0.2) is 67.3 Å². The molecule has 162 valence electrons. The second kappa shape index (κ2) is 10.4. The molecule has 5 heteroatoms. The molecule has 5 nitrogen and oxygen atoms in total. The van der Waals surface area contributed by atoms with E-state index in [1.807, 2.05) is 43.3 Å². The van der Waals surface area contributed by atoms with Crippen molar-refractivity contribution in [3.8, 4) is 0 Å². The molecule has 1 fully saturated rings. The highest BCUT2D eigenvalue weighted by Crippen LogP contribution is 2.30. The molecular formula is C25H33NO4. The number of rotatable bonds is 10. The predicted molar refractivity (Wildman–Crippen MR) is 119 cm³/mol. The van der Waals surface area contributed by atoms with Crippen LogP contribution < -0.4 is 0 Å². The number of hydrogen-bond donors (Lipinski definition) is 1. The van der Waals surface area contributed by atoms with Gasteiger partial charge in [-0.25, -0.2) is 9.69 Å². The highest BCUT2D eigenvalue weighted by Gasteiger charge is 2.42. The number of hydrogen-bond acceptors (Lipinski definition) is 4. The van der Waals surface area contributed by atoms with Gasteiger partial charge in [0.05, 0.1) is 18.1 Å². The quantitative estimate of drug-likeness (QED) is 0.448. The number of carbonyl (C=O) groups excluding carboxylic acids is 2. The van der Waals surface area contributed by atoms with Gasteiger partial charge in [0, 0.05) is 0 Å². The van der Waals surface area contributed by atoms with Crippen LogP contribution >= 0.6 is 0 Å². The van der Waals surface area contributed by atoms with Crippen LogP contribution in [0, 0.1) is 11.3 Å². The number of aliphatic hydroxyl groups is 1. The fourth-order valence-corrected chi connectivity index (χ4v) is 3.53. The summed E-state index contributed by atoms with van der Waals surface area (Å²) in [5.74, 6) is -1.17. The van der Waals surface area contributed by atoms with Crippen LogP contribution in [0.25, 0.3) is 0 Å². The van der Waals surface area contributed by atoms with E-state index in [-0.39, 0.29) is 18.1 Å². The Morgan fingerprint density at radius 1 is 1.37 bits per heavy atom. The maximum atomic E-state index is 13.3. The molecule has 3 atom stereocenters. The van der Waals surface area contributed by atoms with Crippen molar-refractivity contribution in [1.82, 2.24) is 4.90 Å². The van der Waals surface area contributed by atoms with Crippen LogP contribution in [-0.4, -0.2) is 40.8 Å². The molecule has 1 N–H and O–H groups in total. The smallest absolute Gasteiger partial charge is 0.416 e. The fraction of sp³-hybridized carbons (Fsp3) is 0.440. The van der Waals surface area contributed by atoms with E-state index >= 15 is 0 Å². The highest BCUT2D eigenvalue weighted by molar-refractivity contribution is 5.95. The van der Waals surface area contributed by atoms with E-state index < -0.39 is 24.0 Å². The zero-order chi connectivity index (χ0) is 22.3. The lowest BCUT2D eigenvalue weighted by atomic mass is 9.82.